The second kappa shape index (κ2) is 8.96. The Balaban J connectivity index is 3.40. The van der Waals surface area contributed by atoms with Gasteiger partial charge in [0, 0.05) is 6.92 Å². The van der Waals surface area contributed by atoms with E-state index >= 15 is 0 Å². The van der Waals surface area contributed by atoms with Gasteiger partial charge >= 0.3 is 11.9 Å². The van der Waals surface area contributed by atoms with E-state index in [1.807, 2.05) is 26.8 Å². The molecule has 0 saturated heterocycles. The number of hydrogen-bond donors (Lipinski definition) is 1. The molecule has 0 bridgehead atoms. The fraction of sp³-hybridized carbons (Fsp3) is 0.571. The molecule has 1 rings (SSSR count). The Morgan fingerprint density at radius 2 is 1.79 bits per heavy atom. The molecule has 0 aliphatic carbocycles. The van der Waals surface area contributed by atoms with E-state index in [-0.39, 0.29) is 16.5 Å². The molecule has 0 radical (unpaired) electrons. The van der Waals surface area contributed by atoms with Gasteiger partial charge in [-0.2, -0.15) is 5.26 Å². The molecule has 0 aromatic heterocycles. The van der Waals surface area contributed by atoms with E-state index < -0.39 is 23.8 Å². The average molecular weight is 390 g/mol. The van der Waals surface area contributed by atoms with Crippen LogP contribution in [0.5, 0.6) is 5.75 Å². The van der Waals surface area contributed by atoms with Crippen LogP contribution in [0.1, 0.15) is 71.3 Å². The van der Waals surface area contributed by atoms with Crippen molar-refractivity contribution in [2.45, 2.75) is 67.2 Å². The predicted molar refractivity (Wildman–Crippen MR) is 106 cm³/mol. The third kappa shape index (κ3) is 7.47. The van der Waals surface area contributed by atoms with Crippen molar-refractivity contribution in [3.63, 3.8) is 0 Å². The lowest BCUT2D eigenvalue weighted by atomic mass is 9.98. The maximum Gasteiger partial charge on any atom is 0.342 e. The van der Waals surface area contributed by atoms with Crippen molar-refractivity contribution >= 4 is 17.6 Å². The van der Waals surface area contributed by atoms with Gasteiger partial charge in [0.15, 0.2) is 6.23 Å². The number of ether oxygens (including phenoxy) is 3. The van der Waals surface area contributed by atoms with E-state index in [4.69, 9.17) is 14.2 Å². The molecule has 28 heavy (non-hydrogen) atoms. The van der Waals surface area contributed by atoms with Crippen molar-refractivity contribution in [3.05, 3.63) is 23.3 Å². The second-order valence-corrected chi connectivity index (χ2v) is 8.72. The van der Waals surface area contributed by atoms with Crippen molar-refractivity contribution in [3.8, 4) is 11.8 Å². The van der Waals surface area contributed by atoms with Crippen LogP contribution in [0.15, 0.2) is 12.1 Å². The summed E-state index contributed by atoms with van der Waals surface area (Å²) in [6, 6.07) is 5.27. The summed E-state index contributed by atoms with van der Waals surface area (Å²) in [6.07, 6.45) is -0.702. The van der Waals surface area contributed by atoms with Crippen molar-refractivity contribution in [1.29, 1.82) is 5.26 Å². The van der Waals surface area contributed by atoms with Crippen LogP contribution in [0.25, 0.3) is 0 Å². The van der Waals surface area contributed by atoms with Gasteiger partial charge in [-0.25, -0.2) is 4.79 Å². The molecule has 0 heterocycles. The number of nitriles is 1. The van der Waals surface area contributed by atoms with E-state index in [0.29, 0.717) is 18.0 Å². The Kier molecular flexibility index (Phi) is 7.45. The monoisotopic (exact) mass is 390 g/mol. The smallest absolute Gasteiger partial charge is 0.342 e. The fourth-order valence-corrected chi connectivity index (χ4v) is 2.27. The van der Waals surface area contributed by atoms with Gasteiger partial charge in [0.1, 0.15) is 28.5 Å². The van der Waals surface area contributed by atoms with Gasteiger partial charge < -0.3 is 19.5 Å². The van der Waals surface area contributed by atoms with Gasteiger partial charge in [-0.3, -0.25) is 4.79 Å². The van der Waals surface area contributed by atoms with Crippen molar-refractivity contribution < 1.29 is 23.8 Å². The number of nitrogens with one attached hydrogen (secondary N) is 1. The summed E-state index contributed by atoms with van der Waals surface area (Å²) in [6.45, 7) is 14.5. The van der Waals surface area contributed by atoms with Gasteiger partial charge in [0.25, 0.3) is 0 Å². The molecule has 7 nitrogen and oxygen atoms in total. The summed E-state index contributed by atoms with van der Waals surface area (Å²) in [5, 5.41) is 12.7. The molecule has 1 aromatic carbocycles. The Morgan fingerprint density at radius 3 is 2.25 bits per heavy atom. The number of esters is 2. The predicted octanol–water partition coefficient (Wildman–Crippen LogP) is 4.26. The van der Waals surface area contributed by atoms with E-state index in [1.54, 1.807) is 39.8 Å². The van der Waals surface area contributed by atoms with Crippen molar-refractivity contribution in [2.75, 3.05) is 11.9 Å². The maximum absolute atomic E-state index is 12.8. The number of nitrogens with zero attached hydrogens (tertiary/aromatic N) is 1. The second-order valence-electron chi connectivity index (χ2n) is 8.72. The van der Waals surface area contributed by atoms with Crippen LogP contribution in [-0.4, -0.2) is 30.4 Å². The Morgan fingerprint density at radius 1 is 1.18 bits per heavy atom. The molecule has 0 amide bonds. The minimum atomic E-state index is -0.745. The van der Waals surface area contributed by atoms with Crippen LogP contribution in [0.3, 0.4) is 0 Å². The highest BCUT2D eigenvalue weighted by molar-refractivity contribution is 5.99. The zero-order chi connectivity index (χ0) is 21.7. The first-order valence-electron chi connectivity index (χ1n) is 9.10. The molecule has 0 spiro atoms. The summed E-state index contributed by atoms with van der Waals surface area (Å²) in [4.78, 5) is 24.0. The number of benzene rings is 1. The van der Waals surface area contributed by atoms with E-state index in [9.17, 15) is 14.9 Å². The van der Waals surface area contributed by atoms with Gasteiger partial charge in [-0.15, -0.1) is 0 Å². The number of hydrogen-bond acceptors (Lipinski definition) is 7. The lowest BCUT2D eigenvalue weighted by Crippen LogP contribution is -2.27. The molecular formula is C21H30N2O5. The average Bonchev–Trinajstić information content (AvgIpc) is 2.49. The summed E-state index contributed by atoms with van der Waals surface area (Å²) in [5.74, 6) is -0.837. The lowest BCUT2D eigenvalue weighted by molar-refractivity contribution is -0.144. The Bertz CT molecular complexity index is 767. The van der Waals surface area contributed by atoms with Crippen LogP contribution in [0.4, 0.5) is 5.69 Å². The zero-order valence-electron chi connectivity index (χ0n) is 17.9. The van der Waals surface area contributed by atoms with E-state index in [1.165, 1.54) is 6.92 Å². The SMILES string of the molecule is CC(=O)OC(C)Nc1ccc(OCC(C)(C)C)c(C#N)c1C(=O)OC(C)(C)C. The molecule has 1 N–H and O–H groups in total. The molecule has 7 heteroatoms. The van der Waals surface area contributed by atoms with Gasteiger partial charge in [-0.1, -0.05) is 20.8 Å². The summed E-state index contributed by atoms with van der Waals surface area (Å²) in [7, 11) is 0. The minimum Gasteiger partial charge on any atom is -0.492 e. The first kappa shape index (κ1) is 23.3. The van der Waals surface area contributed by atoms with Crippen LogP contribution >= 0.6 is 0 Å². The Hall–Kier alpha value is -2.75. The van der Waals surface area contributed by atoms with E-state index in [2.05, 4.69) is 5.32 Å². The van der Waals surface area contributed by atoms with Crippen LogP contribution in [0.2, 0.25) is 0 Å². The molecule has 1 aromatic rings. The molecule has 0 fully saturated rings. The zero-order valence-corrected chi connectivity index (χ0v) is 17.9. The standard InChI is InChI=1S/C21H30N2O5/c1-13(27-14(2)24)23-16-9-10-17(26-12-20(3,4)5)15(11-22)18(16)19(25)28-21(6,7)8/h9-10,13,23H,12H2,1-8H3. The highest BCUT2D eigenvalue weighted by atomic mass is 16.6. The molecule has 0 aliphatic heterocycles. The van der Waals surface area contributed by atoms with Gasteiger partial charge in [0.05, 0.1) is 12.3 Å². The van der Waals surface area contributed by atoms with Crippen LogP contribution in [0, 0.1) is 16.7 Å². The summed E-state index contributed by atoms with van der Waals surface area (Å²) in [5.41, 5.74) is -0.436. The molecular weight excluding hydrogens is 360 g/mol. The summed E-state index contributed by atoms with van der Waals surface area (Å²) >= 11 is 0. The lowest BCUT2D eigenvalue weighted by Gasteiger charge is -2.24. The molecule has 1 unspecified atom stereocenters. The number of carbonyl (C=O) groups excluding carboxylic acids is 2. The quantitative estimate of drug-likeness (QED) is 0.572. The normalized spacial score (nSPS) is 12.5. The number of carbonyl (C=O) groups is 2. The highest BCUT2D eigenvalue weighted by Gasteiger charge is 2.27. The molecule has 154 valence electrons. The molecule has 0 aliphatic rings. The topological polar surface area (TPSA) is 97.6 Å². The van der Waals surface area contributed by atoms with Gasteiger partial charge in [0.2, 0.25) is 0 Å². The maximum atomic E-state index is 12.8. The fourth-order valence-electron chi connectivity index (χ4n) is 2.27. The molecule has 0 saturated carbocycles. The van der Waals surface area contributed by atoms with Crippen molar-refractivity contribution in [1.82, 2.24) is 0 Å². The minimum absolute atomic E-state index is 0.0443. The first-order valence-corrected chi connectivity index (χ1v) is 9.10. The van der Waals surface area contributed by atoms with Crippen LogP contribution < -0.4 is 10.1 Å². The number of rotatable bonds is 6. The highest BCUT2D eigenvalue weighted by Crippen LogP contribution is 2.32. The van der Waals surface area contributed by atoms with Gasteiger partial charge in [-0.05, 0) is 45.2 Å². The van der Waals surface area contributed by atoms with E-state index in [0.717, 1.165) is 0 Å². The number of anilines is 1. The first-order chi connectivity index (χ1) is 12.7. The largest absolute Gasteiger partial charge is 0.492 e. The third-order valence-corrected chi connectivity index (χ3v) is 3.24. The third-order valence-electron chi connectivity index (χ3n) is 3.24. The Labute approximate surface area is 167 Å². The molecule has 1 atom stereocenters. The summed E-state index contributed by atoms with van der Waals surface area (Å²) < 4.78 is 16.3. The van der Waals surface area contributed by atoms with Crippen LogP contribution in [-0.2, 0) is 14.3 Å². The van der Waals surface area contributed by atoms with Crippen molar-refractivity contribution in [2.24, 2.45) is 5.41 Å².